The molecular weight excluding hydrogens is 226 g/mol. The lowest BCUT2D eigenvalue weighted by Crippen LogP contribution is -2.57. The van der Waals surface area contributed by atoms with Gasteiger partial charge in [-0.25, -0.2) is 0 Å². The molecule has 4 nitrogen and oxygen atoms in total. The van der Waals surface area contributed by atoms with Crippen LogP contribution in [0.5, 0.6) is 0 Å². The Kier molecular flexibility index (Phi) is 5.01. The Morgan fingerprint density at radius 2 is 1.83 bits per heavy atom. The molecule has 2 heterocycles. The summed E-state index contributed by atoms with van der Waals surface area (Å²) in [5.74, 6) is 0. The van der Waals surface area contributed by atoms with Crippen molar-refractivity contribution in [3.8, 4) is 0 Å². The summed E-state index contributed by atoms with van der Waals surface area (Å²) in [6, 6.07) is 0.656. The zero-order valence-corrected chi connectivity index (χ0v) is 12.0. The summed E-state index contributed by atoms with van der Waals surface area (Å²) in [5, 5.41) is 0. The van der Waals surface area contributed by atoms with E-state index in [9.17, 15) is 0 Å². The second-order valence-electron chi connectivity index (χ2n) is 6.01. The molecular formula is C14H29N3O. The molecule has 0 aromatic carbocycles. The van der Waals surface area contributed by atoms with Crippen LogP contribution in [-0.2, 0) is 4.74 Å². The molecule has 0 saturated carbocycles. The first kappa shape index (κ1) is 14.3. The summed E-state index contributed by atoms with van der Waals surface area (Å²) in [6.07, 6.45) is 3.72. The van der Waals surface area contributed by atoms with Crippen molar-refractivity contribution in [2.45, 2.75) is 44.7 Å². The largest absolute Gasteiger partial charge is 0.379 e. The summed E-state index contributed by atoms with van der Waals surface area (Å²) in [7, 11) is 0. The molecule has 2 N–H and O–H groups in total. The summed E-state index contributed by atoms with van der Waals surface area (Å²) in [5.41, 5.74) is 6.39. The van der Waals surface area contributed by atoms with E-state index in [0.717, 1.165) is 32.8 Å². The Morgan fingerprint density at radius 3 is 2.44 bits per heavy atom. The lowest BCUT2D eigenvalue weighted by molar-refractivity contribution is -0.0254. The molecule has 0 radical (unpaired) electrons. The van der Waals surface area contributed by atoms with E-state index in [-0.39, 0.29) is 5.54 Å². The van der Waals surface area contributed by atoms with Gasteiger partial charge in [0.15, 0.2) is 0 Å². The van der Waals surface area contributed by atoms with Crippen LogP contribution in [0.3, 0.4) is 0 Å². The molecule has 0 spiro atoms. The molecule has 4 heteroatoms. The van der Waals surface area contributed by atoms with E-state index >= 15 is 0 Å². The maximum absolute atomic E-state index is 6.16. The van der Waals surface area contributed by atoms with Crippen molar-refractivity contribution in [3.63, 3.8) is 0 Å². The first-order valence-electron chi connectivity index (χ1n) is 7.45. The van der Waals surface area contributed by atoms with Crippen LogP contribution in [0.1, 0.15) is 33.1 Å². The monoisotopic (exact) mass is 255 g/mol. The molecule has 2 aliphatic heterocycles. The molecule has 1 atom stereocenters. The predicted octanol–water partition coefficient (Wildman–Crippen LogP) is 0.910. The minimum atomic E-state index is 0.230. The molecule has 2 rings (SSSR count). The third-order valence-electron chi connectivity index (χ3n) is 4.74. The van der Waals surface area contributed by atoms with E-state index in [1.165, 1.54) is 32.4 Å². The summed E-state index contributed by atoms with van der Waals surface area (Å²) in [6.45, 7) is 11.6. The van der Waals surface area contributed by atoms with Crippen molar-refractivity contribution in [2.75, 3.05) is 45.9 Å². The average Bonchev–Trinajstić information content (AvgIpc) is 2.63. The molecule has 106 valence electrons. The van der Waals surface area contributed by atoms with Gasteiger partial charge in [-0.05, 0) is 39.7 Å². The van der Waals surface area contributed by atoms with Gasteiger partial charge in [-0.3, -0.25) is 4.90 Å². The van der Waals surface area contributed by atoms with Crippen molar-refractivity contribution < 1.29 is 4.74 Å². The molecule has 0 aromatic rings. The van der Waals surface area contributed by atoms with Gasteiger partial charge in [0.25, 0.3) is 0 Å². The van der Waals surface area contributed by atoms with Crippen LogP contribution < -0.4 is 5.73 Å². The molecule has 2 fully saturated rings. The van der Waals surface area contributed by atoms with Gasteiger partial charge in [0.1, 0.15) is 0 Å². The Morgan fingerprint density at radius 1 is 1.11 bits per heavy atom. The van der Waals surface area contributed by atoms with Crippen LogP contribution in [0, 0.1) is 0 Å². The normalized spacial score (nSPS) is 32.7. The van der Waals surface area contributed by atoms with E-state index in [0.29, 0.717) is 6.04 Å². The first-order chi connectivity index (χ1) is 8.68. The fourth-order valence-electron chi connectivity index (χ4n) is 3.40. The molecule has 2 aliphatic rings. The Balaban J connectivity index is 2.02. The molecule has 18 heavy (non-hydrogen) atoms. The standard InChI is InChI=1S/C14H29N3O/c1-13(2)16-6-3-4-14(12-15,5-7-16)17-8-10-18-11-9-17/h13H,3-12,15H2,1-2H3. The van der Waals surface area contributed by atoms with Gasteiger partial charge in [0.2, 0.25) is 0 Å². The van der Waals surface area contributed by atoms with Crippen LogP contribution in [-0.4, -0.2) is 67.3 Å². The van der Waals surface area contributed by atoms with Gasteiger partial charge < -0.3 is 15.4 Å². The van der Waals surface area contributed by atoms with Crippen molar-refractivity contribution in [3.05, 3.63) is 0 Å². The van der Waals surface area contributed by atoms with Gasteiger partial charge >= 0.3 is 0 Å². The van der Waals surface area contributed by atoms with E-state index < -0.39 is 0 Å². The summed E-state index contributed by atoms with van der Waals surface area (Å²) < 4.78 is 5.48. The highest BCUT2D eigenvalue weighted by molar-refractivity contribution is 4.95. The highest BCUT2D eigenvalue weighted by Crippen LogP contribution is 2.29. The van der Waals surface area contributed by atoms with E-state index in [4.69, 9.17) is 10.5 Å². The number of hydrogen-bond acceptors (Lipinski definition) is 4. The number of nitrogens with two attached hydrogens (primary N) is 1. The average molecular weight is 255 g/mol. The molecule has 0 amide bonds. The number of morpholine rings is 1. The van der Waals surface area contributed by atoms with Crippen LogP contribution in [0.25, 0.3) is 0 Å². The van der Waals surface area contributed by atoms with Gasteiger partial charge in [-0.2, -0.15) is 0 Å². The highest BCUT2D eigenvalue weighted by atomic mass is 16.5. The minimum Gasteiger partial charge on any atom is -0.379 e. The predicted molar refractivity (Wildman–Crippen MR) is 74.7 cm³/mol. The lowest BCUT2D eigenvalue weighted by Gasteiger charge is -2.45. The zero-order chi connectivity index (χ0) is 13.0. The Labute approximate surface area is 111 Å². The smallest absolute Gasteiger partial charge is 0.0594 e. The SMILES string of the molecule is CC(C)N1CCCC(CN)(N2CCOCC2)CC1. The molecule has 2 saturated heterocycles. The highest BCUT2D eigenvalue weighted by Gasteiger charge is 2.37. The Hall–Kier alpha value is -0.160. The zero-order valence-electron chi connectivity index (χ0n) is 12.0. The first-order valence-corrected chi connectivity index (χ1v) is 7.45. The second-order valence-corrected chi connectivity index (χ2v) is 6.01. The van der Waals surface area contributed by atoms with Crippen LogP contribution in [0.15, 0.2) is 0 Å². The van der Waals surface area contributed by atoms with E-state index in [2.05, 4.69) is 23.6 Å². The number of rotatable bonds is 3. The third-order valence-corrected chi connectivity index (χ3v) is 4.74. The number of likely N-dealkylation sites (tertiary alicyclic amines) is 1. The molecule has 0 aliphatic carbocycles. The fraction of sp³-hybridized carbons (Fsp3) is 1.00. The summed E-state index contributed by atoms with van der Waals surface area (Å²) in [4.78, 5) is 5.19. The second kappa shape index (κ2) is 6.33. The third kappa shape index (κ3) is 3.05. The van der Waals surface area contributed by atoms with Crippen molar-refractivity contribution in [1.82, 2.24) is 9.80 Å². The quantitative estimate of drug-likeness (QED) is 0.814. The number of nitrogens with zero attached hydrogens (tertiary/aromatic N) is 2. The van der Waals surface area contributed by atoms with Crippen LogP contribution >= 0.6 is 0 Å². The van der Waals surface area contributed by atoms with Crippen LogP contribution in [0.2, 0.25) is 0 Å². The molecule has 1 unspecified atom stereocenters. The van der Waals surface area contributed by atoms with Crippen LogP contribution in [0.4, 0.5) is 0 Å². The van der Waals surface area contributed by atoms with E-state index in [1.54, 1.807) is 0 Å². The fourth-order valence-corrected chi connectivity index (χ4v) is 3.40. The lowest BCUT2D eigenvalue weighted by atomic mass is 9.88. The van der Waals surface area contributed by atoms with Gasteiger partial charge in [0, 0.05) is 37.8 Å². The number of hydrogen-bond donors (Lipinski definition) is 1. The van der Waals surface area contributed by atoms with Crippen molar-refractivity contribution >= 4 is 0 Å². The number of ether oxygens (including phenoxy) is 1. The summed E-state index contributed by atoms with van der Waals surface area (Å²) >= 11 is 0. The van der Waals surface area contributed by atoms with Gasteiger partial charge in [-0.15, -0.1) is 0 Å². The topological polar surface area (TPSA) is 41.7 Å². The minimum absolute atomic E-state index is 0.230. The van der Waals surface area contributed by atoms with Crippen molar-refractivity contribution in [1.29, 1.82) is 0 Å². The molecule has 0 aromatic heterocycles. The van der Waals surface area contributed by atoms with Gasteiger partial charge in [0.05, 0.1) is 13.2 Å². The van der Waals surface area contributed by atoms with E-state index in [1.807, 2.05) is 0 Å². The maximum atomic E-state index is 6.16. The Bertz CT molecular complexity index is 253. The molecule has 0 bridgehead atoms. The van der Waals surface area contributed by atoms with Crippen molar-refractivity contribution in [2.24, 2.45) is 5.73 Å². The van der Waals surface area contributed by atoms with Gasteiger partial charge in [-0.1, -0.05) is 0 Å². The maximum Gasteiger partial charge on any atom is 0.0594 e.